The molecular weight excluding hydrogens is 294 g/mol. The van der Waals surface area contributed by atoms with E-state index < -0.39 is 0 Å². The van der Waals surface area contributed by atoms with E-state index in [9.17, 15) is 0 Å². The second kappa shape index (κ2) is 8.30. The fourth-order valence-electron chi connectivity index (χ4n) is 3.68. The lowest BCUT2D eigenvalue weighted by Crippen LogP contribution is -2.45. The van der Waals surface area contributed by atoms with Gasteiger partial charge in [-0.05, 0) is 56.5 Å². The first-order valence-corrected chi connectivity index (χ1v) is 9.14. The molecule has 1 aromatic carbocycles. The van der Waals surface area contributed by atoms with E-state index in [1.54, 1.807) is 0 Å². The fourth-order valence-corrected chi connectivity index (χ4v) is 3.88. The van der Waals surface area contributed by atoms with Crippen LogP contribution in [0.25, 0.3) is 0 Å². The van der Waals surface area contributed by atoms with Crippen LogP contribution >= 0.6 is 11.6 Å². The molecule has 0 bridgehead atoms. The van der Waals surface area contributed by atoms with Gasteiger partial charge in [0.15, 0.2) is 0 Å². The Morgan fingerprint density at radius 2 is 1.86 bits per heavy atom. The Balaban J connectivity index is 1.63. The maximum absolute atomic E-state index is 6.20. The monoisotopic (exact) mass is 321 g/mol. The molecule has 1 atom stereocenters. The normalized spacial score (nSPS) is 22.0. The summed E-state index contributed by atoms with van der Waals surface area (Å²) < 4.78 is 0. The number of benzene rings is 1. The zero-order valence-electron chi connectivity index (χ0n) is 13.3. The van der Waals surface area contributed by atoms with Gasteiger partial charge < -0.3 is 16.0 Å². The topological polar surface area (TPSA) is 36.1 Å². The molecule has 0 unspecified atom stereocenters. The Morgan fingerprint density at radius 3 is 2.59 bits per heavy atom. The van der Waals surface area contributed by atoms with E-state index in [1.165, 1.54) is 44.1 Å². The molecule has 1 aliphatic heterocycles. The smallest absolute Gasteiger partial charge is 0.0449 e. The molecule has 0 aromatic heterocycles. The molecule has 0 radical (unpaired) electrons. The summed E-state index contributed by atoms with van der Waals surface area (Å²) in [6.07, 6.45) is 7.83. The first-order valence-electron chi connectivity index (χ1n) is 8.77. The van der Waals surface area contributed by atoms with Crippen molar-refractivity contribution in [1.29, 1.82) is 0 Å². The van der Waals surface area contributed by atoms with Crippen LogP contribution in [0, 0.1) is 0 Å². The van der Waals surface area contributed by atoms with E-state index in [0.29, 0.717) is 18.1 Å². The van der Waals surface area contributed by atoms with Crippen LogP contribution in [-0.4, -0.2) is 31.7 Å². The van der Waals surface area contributed by atoms with Crippen LogP contribution < -0.4 is 16.0 Å². The molecule has 22 heavy (non-hydrogen) atoms. The minimum Gasteiger partial charge on any atom is -0.317 e. The van der Waals surface area contributed by atoms with Gasteiger partial charge in [-0.25, -0.2) is 0 Å². The molecule has 4 heteroatoms. The van der Waals surface area contributed by atoms with Gasteiger partial charge in [-0.3, -0.25) is 0 Å². The van der Waals surface area contributed by atoms with Gasteiger partial charge in [-0.1, -0.05) is 36.6 Å². The molecule has 1 saturated carbocycles. The Hall–Kier alpha value is -0.610. The highest BCUT2D eigenvalue weighted by Crippen LogP contribution is 2.22. The van der Waals surface area contributed by atoms with E-state index in [-0.39, 0.29) is 0 Å². The van der Waals surface area contributed by atoms with E-state index in [2.05, 4.69) is 34.1 Å². The molecule has 1 aromatic rings. The number of rotatable bonds is 6. The van der Waals surface area contributed by atoms with Crippen molar-refractivity contribution in [1.82, 2.24) is 16.0 Å². The van der Waals surface area contributed by atoms with Crippen molar-refractivity contribution in [2.75, 3.05) is 19.6 Å². The Morgan fingerprint density at radius 1 is 1.09 bits per heavy atom. The third-order valence-electron chi connectivity index (χ3n) is 4.99. The molecule has 122 valence electrons. The van der Waals surface area contributed by atoms with Gasteiger partial charge in [0, 0.05) is 29.7 Å². The van der Waals surface area contributed by atoms with Gasteiger partial charge in [0.1, 0.15) is 0 Å². The average Bonchev–Trinajstić information content (AvgIpc) is 3.06. The minimum atomic E-state index is 0.349. The van der Waals surface area contributed by atoms with Gasteiger partial charge in [-0.2, -0.15) is 0 Å². The van der Waals surface area contributed by atoms with E-state index in [0.717, 1.165) is 24.7 Å². The first kappa shape index (κ1) is 16.3. The number of hydrogen-bond acceptors (Lipinski definition) is 3. The Bertz CT molecular complexity index is 453. The average molecular weight is 322 g/mol. The van der Waals surface area contributed by atoms with Crippen LogP contribution in [0.2, 0.25) is 5.02 Å². The third kappa shape index (κ3) is 4.69. The summed E-state index contributed by atoms with van der Waals surface area (Å²) in [5, 5.41) is 11.9. The maximum Gasteiger partial charge on any atom is 0.0449 e. The molecule has 2 aliphatic rings. The summed E-state index contributed by atoms with van der Waals surface area (Å²) in [6.45, 7) is 3.24. The molecule has 3 nitrogen and oxygen atoms in total. The quantitative estimate of drug-likeness (QED) is 0.752. The largest absolute Gasteiger partial charge is 0.317 e. The second-order valence-corrected chi connectivity index (χ2v) is 7.12. The van der Waals surface area contributed by atoms with Crippen LogP contribution in [0.4, 0.5) is 0 Å². The molecule has 0 spiro atoms. The van der Waals surface area contributed by atoms with Crippen LogP contribution in [0.3, 0.4) is 0 Å². The lowest BCUT2D eigenvalue weighted by molar-refractivity contribution is 0.335. The number of piperidine rings is 1. The predicted molar refractivity (Wildman–Crippen MR) is 93.5 cm³/mol. The SMILES string of the molecule is Clc1cccc([C@H](CNC2CCCC2)NC2CCNCC2)c1. The van der Waals surface area contributed by atoms with Crippen LogP contribution in [0.1, 0.15) is 50.1 Å². The molecule has 1 saturated heterocycles. The predicted octanol–water partition coefficient (Wildman–Crippen LogP) is 3.25. The van der Waals surface area contributed by atoms with Crippen molar-refractivity contribution in [3.63, 3.8) is 0 Å². The Kier molecular flexibility index (Phi) is 6.13. The summed E-state index contributed by atoms with van der Waals surface area (Å²) in [7, 11) is 0. The van der Waals surface area contributed by atoms with Crippen LogP contribution in [0.15, 0.2) is 24.3 Å². The van der Waals surface area contributed by atoms with Gasteiger partial charge >= 0.3 is 0 Å². The van der Waals surface area contributed by atoms with Crippen molar-refractivity contribution in [3.8, 4) is 0 Å². The van der Waals surface area contributed by atoms with Crippen molar-refractivity contribution in [2.45, 2.75) is 56.7 Å². The summed E-state index contributed by atoms with van der Waals surface area (Å²) in [5.41, 5.74) is 1.30. The van der Waals surface area contributed by atoms with Crippen molar-refractivity contribution < 1.29 is 0 Å². The van der Waals surface area contributed by atoms with Gasteiger partial charge in [0.05, 0.1) is 0 Å². The summed E-state index contributed by atoms with van der Waals surface area (Å²) in [5.74, 6) is 0. The standard InChI is InChI=1S/C18H28ClN3/c19-15-5-3-4-14(12-15)18(13-21-16-6-1-2-7-16)22-17-8-10-20-11-9-17/h3-5,12,16-18,20-22H,1-2,6-11,13H2/t18-/m0/s1. The first-order chi connectivity index (χ1) is 10.8. The van der Waals surface area contributed by atoms with Gasteiger partial charge in [0.2, 0.25) is 0 Å². The fraction of sp³-hybridized carbons (Fsp3) is 0.667. The number of halogens is 1. The highest BCUT2D eigenvalue weighted by Gasteiger charge is 2.21. The lowest BCUT2D eigenvalue weighted by atomic mass is 10.0. The molecular formula is C18H28ClN3. The van der Waals surface area contributed by atoms with Gasteiger partial charge in [-0.15, -0.1) is 0 Å². The van der Waals surface area contributed by atoms with Crippen molar-refractivity contribution >= 4 is 11.6 Å². The van der Waals surface area contributed by atoms with Crippen LogP contribution in [-0.2, 0) is 0 Å². The molecule has 3 rings (SSSR count). The maximum atomic E-state index is 6.20. The van der Waals surface area contributed by atoms with Crippen molar-refractivity contribution in [2.24, 2.45) is 0 Å². The lowest BCUT2D eigenvalue weighted by Gasteiger charge is -2.30. The van der Waals surface area contributed by atoms with Crippen LogP contribution in [0.5, 0.6) is 0 Å². The summed E-state index contributed by atoms with van der Waals surface area (Å²) in [4.78, 5) is 0. The van der Waals surface area contributed by atoms with E-state index >= 15 is 0 Å². The molecule has 3 N–H and O–H groups in total. The summed E-state index contributed by atoms with van der Waals surface area (Å²) >= 11 is 6.20. The zero-order valence-corrected chi connectivity index (χ0v) is 14.0. The molecule has 1 heterocycles. The number of nitrogens with one attached hydrogen (secondary N) is 3. The minimum absolute atomic E-state index is 0.349. The van der Waals surface area contributed by atoms with E-state index in [1.807, 2.05) is 6.07 Å². The van der Waals surface area contributed by atoms with E-state index in [4.69, 9.17) is 11.6 Å². The molecule has 0 amide bonds. The molecule has 2 fully saturated rings. The molecule has 1 aliphatic carbocycles. The highest BCUT2D eigenvalue weighted by molar-refractivity contribution is 6.30. The number of hydrogen-bond donors (Lipinski definition) is 3. The third-order valence-corrected chi connectivity index (χ3v) is 5.23. The van der Waals surface area contributed by atoms with Gasteiger partial charge in [0.25, 0.3) is 0 Å². The zero-order chi connectivity index (χ0) is 15.2. The highest BCUT2D eigenvalue weighted by atomic mass is 35.5. The Labute approximate surface area is 139 Å². The second-order valence-electron chi connectivity index (χ2n) is 6.69. The summed E-state index contributed by atoms with van der Waals surface area (Å²) in [6, 6.07) is 9.98. The van der Waals surface area contributed by atoms with Crippen molar-refractivity contribution in [3.05, 3.63) is 34.9 Å².